The van der Waals surface area contributed by atoms with Crippen molar-refractivity contribution in [2.24, 2.45) is 0 Å². The molecule has 29 heavy (non-hydrogen) atoms. The first-order chi connectivity index (χ1) is 13.9. The number of carbonyl (C=O) groups excluding carboxylic acids is 2. The highest BCUT2D eigenvalue weighted by atomic mass is 35.5. The lowest BCUT2D eigenvalue weighted by Gasteiger charge is -2.27. The molecule has 0 radical (unpaired) electrons. The van der Waals surface area contributed by atoms with E-state index in [0.717, 1.165) is 4.90 Å². The molecule has 1 atom stereocenters. The normalized spacial score (nSPS) is 16.6. The van der Waals surface area contributed by atoms with Crippen LogP contribution >= 0.6 is 23.2 Å². The van der Waals surface area contributed by atoms with Crippen molar-refractivity contribution in [3.63, 3.8) is 0 Å². The summed E-state index contributed by atoms with van der Waals surface area (Å²) in [5.74, 6) is -3.11. The summed E-state index contributed by atoms with van der Waals surface area (Å²) in [7, 11) is 0. The van der Waals surface area contributed by atoms with Gasteiger partial charge in [-0.25, -0.2) is 4.39 Å². The molecule has 4 rings (SSSR count). The fraction of sp³-hybridized carbons (Fsp3) is 0.0476. The van der Waals surface area contributed by atoms with Gasteiger partial charge in [0.05, 0.1) is 27.9 Å². The van der Waals surface area contributed by atoms with Crippen molar-refractivity contribution in [1.29, 1.82) is 0 Å². The second-order valence-electron chi connectivity index (χ2n) is 6.27. The molecule has 0 bridgehead atoms. The van der Waals surface area contributed by atoms with Crippen LogP contribution in [0.1, 0.15) is 22.2 Å². The summed E-state index contributed by atoms with van der Waals surface area (Å²) in [6, 6.07) is 11.7. The molecule has 3 aromatic rings. The van der Waals surface area contributed by atoms with Crippen molar-refractivity contribution < 1.29 is 23.5 Å². The van der Waals surface area contributed by atoms with Crippen LogP contribution in [0.3, 0.4) is 0 Å². The van der Waals surface area contributed by atoms with Gasteiger partial charge in [0.25, 0.3) is 5.91 Å². The number of rotatable bonds is 4. The lowest BCUT2D eigenvalue weighted by atomic mass is 9.94. The lowest BCUT2D eigenvalue weighted by Crippen LogP contribution is -2.31. The summed E-state index contributed by atoms with van der Waals surface area (Å²) in [5, 5.41) is 11.0. The Morgan fingerprint density at radius 2 is 1.83 bits per heavy atom. The van der Waals surface area contributed by atoms with E-state index in [4.69, 9.17) is 27.6 Å². The Bertz CT molecular complexity index is 1160. The highest BCUT2D eigenvalue weighted by Gasteiger charge is 2.46. The first kappa shape index (κ1) is 19.2. The number of anilines is 1. The molecular weight excluding hydrogens is 420 g/mol. The second-order valence-corrected chi connectivity index (χ2v) is 7.08. The zero-order valence-electron chi connectivity index (χ0n) is 14.6. The quantitative estimate of drug-likeness (QED) is 0.552. The Hall–Kier alpha value is -3.09. The van der Waals surface area contributed by atoms with E-state index in [2.05, 4.69) is 0 Å². The molecule has 1 aliphatic heterocycles. The van der Waals surface area contributed by atoms with E-state index < -0.39 is 29.3 Å². The van der Waals surface area contributed by atoms with Gasteiger partial charge in [-0.2, -0.15) is 0 Å². The minimum Gasteiger partial charge on any atom is -0.503 e. The molecule has 0 spiro atoms. The van der Waals surface area contributed by atoms with Gasteiger partial charge in [-0.15, -0.1) is 0 Å². The van der Waals surface area contributed by atoms with Crippen LogP contribution in [0.25, 0.3) is 0 Å². The van der Waals surface area contributed by atoms with Crippen LogP contribution in [-0.2, 0) is 4.79 Å². The summed E-state index contributed by atoms with van der Waals surface area (Å²) >= 11 is 12.0. The number of hydrogen-bond donors (Lipinski definition) is 1. The Kier molecular flexibility index (Phi) is 4.90. The number of halogens is 3. The summed E-state index contributed by atoms with van der Waals surface area (Å²) < 4.78 is 19.8. The van der Waals surface area contributed by atoms with Gasteiger partial charge in [-0.3, -0.25) is 14.5 Å². The predicted octanol–water partition coefficient (Wildman–Crippen LogP) is 5.51. The van der Waals surface area contributed by atoms with E-state index in [-0.39, 0.29) is 32.6 Å². The minimum atomic E-state index is -1.22. The van der Waals surface area contributed by atoms with E-state index >= 15 is 0 Å². The highest BCUT2D eigenvalue weighted by Crippen LogP contribution is 2.43. The van der Waals surface area contributed by atoms with Crippen molar-refractivity contribution in [3.8, 4) is 0 Å². The Balaban J connectivity index is 1.92. The number of aliphatic hydroxyl groups is 1. The van der Waals surface area contributed by atoms with Crippen LogP contribution in [0.2, 0.25) is 10.0 Å². The largest absolute Gasteiger partial charge is 0.503 e. The van der Waals surface area contributed by atoms with E-state index in [1.165, 1.54) is 54.8 Å². The number of carbonyl (C=O) groups is 2. The summed E-state index contributed by atoms with van der Waals surface area (Å²) in [6.45, 7) is 0. The zero-order chi connectivity index (χ0) is 20.7. The molecule has 8 heteroatoms. The van der Waals surface area contributed by atoms with Gasteiger partial charge in [0.2, 0.25) is 5.78 Å². The van der Waals surface area contributed by atoms with Gasteiger partial charge in [0.15, 0.2) is 11.5 Å². The topological polar surface area (TPSA) is 70.8 Å². The molecule has 1 unspecified atom stereocenters. The summed E-state index contributed by atoms with van der Waals surface area (Å²) in [5.41, 5.74) is -0.0153. The van der Waals surface area contributed by atoms with Gasteiger partial charge in [0.1, 0.15) is 5.82 Å². The van der Waals surface area contributed by atoms with E-state index in [9.17, 15) is 19.1 Å². The molecule has 146 valence electrons. The van der Waals surface area contributed by atoms with Crippen LogP contribution in [0.4, 0.5) is 10.1 Å². The first-order valence-corrected chi connectivity index (χ1v) is 9.20. The summed E-state index contributed by atoms with van der Waals surface area (Å²) in [6.07, 6.45) is 1.29. The maximum atomic E-state index is 14.7. The molecule has 2 aromatic carbocycles. The van der Waals surface area contributed by atoms with Crippen LogP contribution in [0, 0.1) is 5.82 Å². The maximum Gasteiger partial charge on any atom is 0.294 e. The number of hydrogen-bond acceptors (Lipinski definition) is 4. The molecule has 0 aliphatic carbocycles. The molecule has 0 saturated heterocycles. The zero-order valence-corrected chi connectivity index (χ0v) is 16.1. The fourth-order valence-corrected chi connectivity index (χ4v) is 3.56. The fourth-order valence-electron chi connectivity index (χ4n) is 3.27. The average Bonchev–Trinajstić information content (AvgIpc) is 3.32. The third-order valence-corrected chi connectivity index (χ3v) is 5.32. The van der Waals surface area contributed by atoms with E-state index in [1.54, 1.807) is 6.07 Å². The second kappa shape index (κ2) is 7.39. The van der Waals surface area contributed by atoms with Gasteiger partial charge < -0.3 is 9.52 Å². The smallest absolute Gasteiger partial charge is 0.294 e. The average molecular weight is 432 g/mol. The molecule has 1 amide bonds. The van der Waals surface area contributed by atoms with Crippen LogP contribution < -0.4 is 4.90 Å². The molecule has 5 nitrogen and oxygen atoms in total. The molecular formula is C21H12Cl2FNO4. The molecule has 1 N–H and O–H groups in total. The van der Waals surface area contributed by atoms with E-state index in [0.29, 0.717) is 0 Å². The monoisotopic (exact) mass is 431 g/mol. The van der Waals surface area contributed by atoms with Crippen LogP contribution in [-0.4, -0.2) is 16.8 Å². The van der Waals surface area contributed by atoms with Crippen LogP contribution in [0.15, 0.2) is 76.6 Å². The lowest BCUT2D eigenvalue weighted by molar-refractivity contribution is -0.117. The van der Waals surface area contributed by atoms with Gasteiger partial charge >= 0.3 is 0 Å². The number of furan rings is 1. The molecule has 1 aromatic heterocycles. The van der Waals surface area contributed by atoms with Crippen molar-refractivity contribution in [2.45, 2.75) is 6.04 Å². The number of nitrogens with zero attached hydrogens (tertiary/aromatic N) is 1. The highest BCUT2D eigenvalue weighted by molar-refractivity contribution is 6.42. The molecule has 0 saturated carbocycles. The molecule has 2 heterocycles. The molecule has 1 aliphatic rings. The number of Topliss-reactive ketones (excluding diaryl/α,β-unsaturated/α-hetero) is 1. The Morgan fingerprint density at radius 3 is 2.48 bits per heavy atom. The predicted molar refractivity (Wildman–Crippen MR) is 106 cm³/mol. The van der Waals surface area contributed by atoms with Gasteiger partial charge in [-0.05, 0) is 36.4 Å². The standard InChI is InChI=1S/C21H12Cl2FNO4/c22-13-8-7-11(10-14(13)23)25-18(12-4-1-2-5-15(12)24)17(20(27)21(25)28)19(26)16-6-3-9-29-16/h1-10,18,27H. The van der Waals surface area contributed by atoms with E-state index in [1.807, 2.05) is 0 Å². The van der Waals surface area contributed by atoms with Crippen molar-refractivity contribution >= 4 is 40.6 Å². The van der Waals surface area contributed by atoms with Gasteiger partial charge in [-0.1, -0.05) is 41.4 Å². The number of ketones is 1. The first-order valence-electron chi connectivity index (χ1n) is 8.44. The Morgan fingerprint density at radius 1 is 1.07 bits per heavy atom. The third kappa shape index (κ3) is 3.20. The number of aliphatic hydroxyl groups excluding tert-OH is 1. The maximum absolute atomic E-state index is 14.7. The third-order valence-electron chi connectivity index (χ3n) is 4.58. The van der Waals surface area contributed by atoms with Crippen LogP contribution in [0.5, 0.6) is 0 Å². The van der Waals surface area contributed by atoms with Crippen molar-refractivity contribution in [3.05, 3.63) is 99.4 Å². The minimum absolute atomic E-state index is 0.0332. The van der Waals surface area contributed by atoms with Gasteiger partial charge in [0, 0.05) is 11.3 Å². The van der Waals surface area contributed by atoms with Crippen molar-refractivity contribution in [2.75, 3.05) is 4.90 Å². The number of benzene rings is 2. The molecule has 0 fully saturated rings. The summed E-state index contributed by atoms with van der Waals surface area (Å²) in [4.78, 5) is 27.0. The Labute approximate surface area is 174 Å². The SMILES string of the molecule is O=C(C1=C(O)C(=O)N(c2ccc(Cl)c(Cl)c2)C1c1ccccc1F)c1ccco1. The van der Waals surface area contributed by atoms with Crippen molar-refractivity contribution in [1.82, 2.24) is 0 Å². The number of amides is 1.